The van der Waals surface area contributed by atoms with Crippen LogP contribution in [0.5, 0.6) is 5.75 Å². The molecule has 1 aliphatic heterocycles. The number of hydrogen-bond donors (Lipinski definition) is 2. The first-order valence-corrected chi connectivity index (χ1v) is 5.03. The molecule has 1 heterocycles. The van der Waals surface area contributed by atoms with Crippen molar-refractivity contribution in [1.82, 2.24) is 4.90 Å². The number of carbonyl (C=O) groups is 1. The topological polar surface area (TPSA) is 75.8 Å². The average molecular weight is 222 g/mol. The molecule has 0 saturated carbocycles. The Kier molecular flexibility index (Phi) is 2.70. The Morgan fingerprint density at radius 3 is 2.81 bits per heavy atom. The van der Waals surface area contributed by atoms with Crippen LogP contribution < -0.4 is 10.5 Å². The first-order chi connectivity index (χ1) is 7.63. The quantitative estimate of drug-likeness (QED) is 0.695. The summed E-state index contributed by atoms with van der Waals surface area (Å²) >= 11 is 0. The summed E-state index contributed by atoms with van der Waals surface area (Å²) in [6.45, 7) is 0.744. The zero-order chi connectivity index (χ0) is 11.7. The summed E-state index contributed by atoms with van der Waals surface area (Å²) in [7, 11) is 1.48. The van der Waals surface area contributed by atoms with Gasteiger partial charge in [-0.15, -0.1) is 0 Å². The van der Waals surface area contributed by atoms with Crippen molar-refractivity contribution in [3.8, 4) is 5.75 Å². The molecule has 2 rings (SSSR count). The van der Waals surface area contributed by atoms with E-state index in [0.29, 0.717) is 30.1 Å². The van der Waals surface area contributed by atoms with Gasteiger partial charge in [0, 0.05) is 13.1 Å². The lowest BCUT2D eigenvalue weighted by atomic mass is 10.1. The maximum absolute atomic E-state index is 12.0. The van der Waals surface area contributed by atoms with Crippen molar-refractivity contribution >= 4 is 11.6 Å². The van der Waals surface area contributed by atoms with Gasteiger partial charge in [-0.25, -0.2) is 0 Å². The van der Waals surface area contributed by atoms with Crippen LogP contribution in [-0.4, -0.2) is 42.2 Å². The Bertz CT molecular complexity index is 414. The molecule has 1 aliphatic rings. The number of aliphatic hydroxyl groups is 1. The van der Waals surface area contributed by atoms with E-state index in [4.69, 9.17) is 15.6 Å². The number of benzene rings is 1. The normalized spacial score (nSPS) is 15.8. The second-order valence-corrected chi connectivity index (χ2v) is 3.79. The van der Waals surface area contributed by atoms with E-state index < -0.39 is 6.10 Å². The Hall–Kier alpha value is -1.75. The molecule has 3 N–H and O–H groups in total. The van der Waals surface area contributed by atoms with Gasteiger partial charge in [0.25, 0.3) is 5.91 Å². The molecular formula is C11H14N2O3. The molecule has 5 heteroatoms. The number of methoxy groups -OCH3 is 1. The van der Waals surface area contributed by atoms with E-state index in [9.17, 15) is 4.79 Å². The zero-order valence-electron chi connectivity index (χ0n) is 9.01. The van der Waals surface area contributed by atoms with Crippen LogP contribution in [0, 0.1) is 0 Å². The first-order valence-electron chi connectivity index (χ1n) is 5.03. The first kappa shape index (κ1) is 10.8. The lowest BCUT2D eigenvalue weighted by Gasteiger charge is -2.36. The fourth-order valence-electron chi connectivity index (χ4n) is 1.74. The maximum Gasteiger partial charge on any atom is 0.257 e. The molecular weight excluding hydrogens is 208 g/mol. The van der Waals surface area contributed by atoms with Crippen molar-refractivity contribution in [1.29, 1.82) is 0 Å². The molecule has 0 aliphatic carbocycles. The van der Waals surface area contributed by atoms with E-state index in [0.717, 1.165) is 0 Å². The predicted octanol–water partition coefficient (Wildman–Crippen LogP) is 0.0941. The smallest absolute Gasteiger partial charge is 0.257 e. The van der Waals surface area contributed by atoms with Gasteiger partial charge in [-0.1, -0.05) is 6.07 Å². The third-order valence-electron chi connectivity index (χ3n) is 2.63. The highest BCUT2D eigenvalue weighted by Crippen LogP contribution is 2.28. The van der Waals surface area contributed by atoms with Crippen LogP contribution in [0.3, 0.4) is 0 Å². The molecule has 5 nitrogen and oxygen atoms in total. The summed E-state index contributed by atoms with van der Waals surface area (Å²) in [4.78, 5) is 13.5. The molecule has 0 aromatic heterocycles. The number of ether oxygens (including phenoxy) is 1. The van der Waals surface area contributed by atoms with Gasteiger partial charge in [-0.2, -0.15) is 0 Å². The van der Waals surface area contributed by atoms with Gasteiger partial charge in [-0.05, 0) is 12.1 Å². The summed E-state index contributed by atoms with van der Waals surface area (Å²) < 4.78 is 5.11. The maximum atomic E-state index is 12.0. The number of amides is 1. The largest absolute Gasteiger partial charge is 0.494 e. The number of nitrogen functional groups attached to an aromatic ring is 1. The molecule has 0 spiro atoms. The molecule has 0 unspecified atom stereocenters. The average Bonchev–Trinajstić information content (AvgIpc) is 2.23. The van der Waals surface area contributed by atoms with Gasteiger partial charge in [0.1, 0.15) is 0 Å². The zero-order valence-corrected chi connectivity index (χ0v) is 9.01. The van der Waals surface area contributed by atoms with Crippen LogP contribution in [0.4, 0.5) is 5.69 Å². The highest BCUT2D eigenvalue weighted by atomic mass is 16.5. The molecule has 1 aromatic rings. The molecule has 1 saturated heterocycles. The van der Waals surface area contributed by atoms with Crippen LogP contribution in [0.15, 0.2) is 18.2 Å². The number of carbonyl (C=O) groups excluding carboxylic acids is 1. The number of likely N-dealkylation sites (tertiary alicyclic amines) is 1. The van der Waals surface area contributed by atoms with Crippen LogP contribution in [-0.2, 0) is 0 Å². The Morgan fingerprint density at radius 2 is 2.25 bits per heavy atom. The summed E-state index contributed by atoms with van der Waals surface area (Å²) in [6.07, 6.45) is -0.406. The van der Waals surface area contributed by atoms with E-state index in [1.807, 2.05) is 0 Å². The van der Waals surface area contributed by atoms with E-state index >= 15 is 0 Å². The van der Waals surface area contributed by atoms with Gasteiger partial charge in [0.2, 0.25) is 0 Å². The number of hydrogen-bond acceptors (Lipinski definition) is 4. The van der Waals surface area contributed by atoms with E-state index in [1.54, 1.807) is 23.1 Å². The number of nitrogens with two attached hydrogens (primary N) is 1. The van der Waals surface area contributed by atoms with Crippen molar-refractivity contribution in [2.45, 2.75) is 6.10 Å². The molecule has 0 bridgehead atoms. The van der Waals surface area contributed by atoms with E-state index in [-0.39, 0.29) is 5.91 Å². The number of para-hydroxylation sites is 1. The van der Waals surface area contributed by atoms with Crippen molar-refractivity contribution in [3.63, 3.8) is 0 Å². The fourth-order valence-corrected chi connectivity index (χ4v) is 1.74. The van der Waals surface area contributed by atoms with Crippen molar-refractivity contribution < 1.29 is 14.6 Å². The number of β-amino-alcohol motifs (C(OH)–C–C–N with tert-alkyl or cyclic N) is 1. The van der Waals surface area contributed by atoms with Crippen LogP contribution in [0.25, 0.3) is 0 Å². The molecule has 1 aromatic carbocycles. The molecule has 0 radical (unpaired) electrons. The molecule has 86 valence electrons. The number of rotatable bonds is 2. The van der Waals surface area contributed by atoms with Gasteiger partial charge >= 0.3 is 0 Å². The third-order valence-corrected chi connectivity index (χ3v) is 2.63. The highest BCUT2D eigenvalue weighted by Gasteiger charge is 2.31. The lowest BCUT2D eigenvalue weighted by Crippen LogP contribution is -2.53. The third kappa shape index (κ3) is 1.69. The molecule has 1 amide bonds. The minimum absolute atomic E-state index is 0.158. The summed E-state index contributed by atoms with van der Waals surface area (Å²) in [6, 6.07) is 5.06. The van der Waals surface area contributed by atoms with Gasteiger partial charge in [0.05, 0.1) is 24.5 Å². The van der Waals surface area contributed by atoms with Crippen LogP contribution >= 0.6 is 0 Å². The standard InChI is InChI=1S/C11H14N2O3/c1-16-10-8(3-2-4-9(10)12)11(15)13-5-7(14)6-13/h2-4,7,14H,5-6,12H2,1H3. The van der Waals surface area contributed by atoms with Gasteiger partial charge in [-0.3, -0.25) is 4.79 Å². The Balaban J connectivity index is 2.26. The minimum Gasteiger partial charge on any atom is -0.494 e. The summed E-state index contributed by atoms with van der Waals surface area (Å²) in [5.41, 5.74) is 6.59. The van der Waals surface area contributed by atoms with E-state index in [2.05, 4.69) is 0 Å². The lowest BCUT2D eigenvalue weighted by molar-refractivity contribution is 0.00571. The second-order valence-electron chi connectivity index (χ2n) is 3.79. The number of aliphatic hydroxyl groups excluding tert-OH is 1. The van der Waals surface area contributed by atoms with Crippen molar-refractivity contribution in [2.75, 3.05) is 25.9 Å². The van der Waals surface area contributed by atoms with Crippen molar-refractivity contribution in [3.05, 3.63) is 23.8 Å². The second kappa shape index (κ2) is 4.02. The SMILES string of the molecule is COc1c(N)cccc1C(=O)N1CC(O)C1. The van der Waals surface area contributed by atoms with Gasteiger partial charge < -0.3 is 20.5 Å². The Morgan fingerprint density at radius 1 is 1.56 bits per heavy atom. The van der Waals surface area contributed by atoms with E-state index in [1.165, 1.54) is 7.11 Å². The molecule has 16 heavy (non-hydrogen) atoms. The molecule has 0 atom stereocenters. The highest BCUT2D eigenvalue weighted by molar-refractivity contribution is 5.99. The fraction of sp³-hybridized carbons (Fsp3) is 0.364. The number of anilines is 1. The monoisotopic (exact) mass is 222 g/mol. The summed E-state index contributed by atoms with van der Waals surface area (Å²) in [5.74, 6) is 0.239. The summed E-state index contributed by atoms with van der Waals surface area (Å²) in [5, 5.41) is 9.15. The Labute approximate surface area is 93.4 Å². The van der Waals surface area contributed by atoms with Gasteiger partial charge in [0.15, 0.2) is 5.75 Å². The number of nitrogens with zero attached hydrogens (tertiary/aromatic N) is 1. The van der Waals surface area contributed by atoms with Crippen molar-refractivity contribution in [2.24, 2.45) is 0 Å². The predicted molar refractivity (Wildman–Crippen MR) is 59.3 cm³/mol. The minimum atomic E-state index is -0.406. The van der Waals surface area contributed by atoms with Crippen LogP contribution in [0.1, 0.15) is 10.4 Å². The molecule has 1 fully saturated rings. The van der Waals surface area contributed by atoms with Crippen LogP contribution in [0.2, 0.25) is 0 Å².